The van der Waals surface area contributed by atoms with E-state index in [1.54, 1.807) is 24.3 Å². The quantitative estimate of drug-likeness (QED) is 0.816. The molecule has 0 saturated heterocycles. The Bertz CT molecular complexity index is 837. The third-order valence-electron chi connectivity index (χ3n) is 3.05. The normalized spacial score (nSPS) is 11.3. The standard InChI is InChI=1S/C15H13Cl2NO4S/c1-22-15(19)10-6-7-14(13(17)8-10)23(20,21)18-9-11-4-2-3-5-12(11)16/h2-8,18H,9H2,1H3. The molecule has 0 radical (unpaired) electrons. The van der Waals surface area contributed by atoms with Gasteiger partial charge in [-0.2, -0.15) is 0 Å². The summed E-state index contributed by atoms with van der Waals surface area (Å²) in [6.45, 7) is 0.0249. The summed E-state index contributed by atoms with van der Waals surface area (Å²) < 4.78 is 31.6. The first-order chi connectivity index (χ1) is 10.8. The number of rotatable bonds is 5. The van der Waals surface area contributed by atoms with Crippen molar-refractivity contribution in [1.29, 1.82) is 0 Å². The SMILES string of the molecule is COC(=O)c1ccc(S(=O)(=O)NCc2ccccc2Cl)c(Cl)c1. The first kappa shape index (κ1) is 17.7. The molecular weight excluding hydrogens is 361 g/mol. The van der Waals surface area contributed by atoms with Crippen LogP contribution in [0.2, 0.25) is 10.0 Å². The Morgan fingerprint density at radius 3 is 2.43 bits per heavy atom. The Hall–Kier alpha value is -1.60. The first-order valence-corrected chi connectivity index (χ1v) is 8.70. The van der Waals surface area contributed by atoms with E-state index in [9.17, 15) is 13.2 Å². The lowest BCUT2D eigenvalue weighted by atomic mass is 10.2. The van der Waals surface area contributed by atoms with Crippen LogP contribution in [0.4, 0.5) is 0 Å². The largest absolute Gasteiger partial charge is 0.465 e. The molecule has 2 aromatic carbocycles. The molecule has 2 aromatic rings. The molecule has 0 unspecified atom stereocenters. The van der Waals surface area contributed by atoms with Gasteiger partial charge in [0.1, 0.15) is 4.90 Å². The van der Waals surface area contributed by atoms with Crippen LogP contribution in [0.25, 0.3) is 0 Å². The molecule has 0 heterocycles. The fourth-order valence-electron chi connectivity index (χ4n) is 1.86. The Morgan fingerprint density at radius 1 is 1.13 bits per heavy atom. The van der Waals surface area contributed by atoms with Crippen LogP contribution in [0.5, 0.6) is 0 Å². The van der Waals surface area contributed by atoms with Crippen LogP contribution < -0.4 is 4.72 Å². The fourth-order valence-corrected chi connectivity index (χ4v) is 3.61. The van der Waals surface area contributed by atoms with E-state index in [1.165, 1.54) is 25.3 Å². The average molecular weight is 374 g/mol. The fraction of sp³-hybridized carbons (Fsp3) is 0.133. The van der Waals surface area contributed by atoms with Crippen molar-refractivity contribution in [2.75, 3.05) is 7.11 Å². The van der Waals surface area contributed by atoms with Gasteiger partial charge in [0.05, 0.1) is 17.7 Å². The number of nitrogens with one attached hydrogen (secondary N) is 1. The number of ether oxygens (including phenoxy) is 1. The third-order valence-corrected chi connectivity index (χ3v) is 5.31. The first-order valence-electron chi connectivity index (χ1n) is 6.46. The zero-order valence-electron chi connectivity index (χ0n) is 12.0. The molecular formula is C15H13Cl2NO4S. The number of hydrogen-bond donors (Lipinski definition) is 1. The zero-order valence-corrected chi connectivity index (χ0v) is 14.4. The van der Waals surface area contributed by atoms with Crippen LogP contribution in [0.3, 0.4) is 0 Å². The minimum Gasteiger partial charge on any atom is -0.465 e. The molecule has 0 aromatic heterocycles. The molecule has 23 heavy (non-hydrogen) atoms. The average Bonchev–Trinajstić information content (AvgIpc) is 2.53. The van der Waals surface area contributed by atoms with Crippen LogP contribution in [-0.2, 0) is 21.3 Å². The molecule has 0 bridgehead atoms. The number of methoxy groups -OCH3 is 1. The van der Waals surface area contributed by atoms with Gasteiger partial charge in [0, 0.05) is 11.6 Å². The van der Waals surface area contributed by atoms with Gasteiger partial charge in [-0.25, -0.2) is 17.9 Å². The van der Waals surface area contributed by atoms with E-state index in [2.05, 4.69) is 9.46 Å². The molecule has 0 spiro atoms. The molecule has 0 fully saturated rings. The lowest BCUT2D eigenvalue weighted by molar-refractivity contribution is 0.0600. The van der Waals surface area contributed by atoms with Crippen LogP contribution in [-0.4, -0.2) is 21.5 Å². The maximum Gasteiger partial charge on any atom is 0.337 e. The highest BCUT2D eigenvalue weighted by molar-refractivity contribution is 7.89. The molecule has 8 heteroatoms. The highest BCUT2D eigenvalue weighted by atomic mass is 35.5. The van der Waals surface area contributed by atoms with Gasteiger partial charge in [0.15, 0.2) is 0 Å². The summed E-state index contributed by atoms with van der Waals surface area (Å²) in [7, 11) is -2.62. The van der Waals surface area contributed by atoms with Gasteiger partial charge in [0.25, 0.3) is 0 Å². The van der Waals surface area contributed by atoms with Gasteiger partial charge in [-0.15, -0.1) is 0 Å². The Kier molecular flexibility index (Phi) is 5.64. The van der Waals surface area contributed by atoms with E-state index in [4.69, 9.17) is 23.2 Å². The number of halogens is 2. The highest BCUT2D eigenvalue weighted by Crippen LogP contribution is 2.24. The second-order valence-electron chi connectivity index (χ2n) is 4.55. The Balaban J connectivity index is 2.23. The van der Waals surface area contributed by atoms with E-state index in [0.29, 0.717) is 10.6 Å². The van der Waals surface area contributed by atoms with Crippen molar-refractivity contribution >= 4 is 39.2 Å². The highest BCUT2D eigenvalue weighted by Gasteiger charge is 2.19. The van der Waals surface area contributed by atoms with Crippen molar-refractivity contribution in [2.24, 2.45) is 0 Å². The molecule has 0 aliphatic heterocycles. The summed E-state index contributed by atoms with van der Waals surface area (Å²) in [6, 6.07) is 10.7. The van der Waals surface area contributed by atoms with Crippen LogP contribution in [0, 0.1) is 0 Å². The Labute approximate surface area is 144 Å². The van der Waals surface area contributed by atoms with Crippen molar-refractivity contribution in [1.82, 2.24) is 4.72 Å². The van der Waals surface area contributed by atoms with E-state index < -0.39 is 16.0 Å². The number of carbonyl (C=O) groups is 1. The van der Waals surface area contributed by atoms with E-state index in [0.717, 1.165) is 0 Å². The maximum atomic E-state index is 12.3. The molecule has 0 atom stereocenters. The summed E-state index contributed by atoms with van der Waals surface area (Å²) in [5, 5.41) is 0.391. The van der Waals surface area contributed by atoms with Crippen molar-refractivity contribution < 1.29 is 17.9 Å². The number of carbonyl (C=O) groups excluding carboxylic acids is 1. The second kappa shape index (κ2) is 7.31. The molecule has 5 nitrogen and oxygen atoms in total. The third kappa shape index (κ3) is 4.23. The number of benzene rings is 2. The molecule has 0 amide bonds. The monoisotopic (exact) mass is 373 g/mol. The smallest absolute Gasteiger partial charge is 0.337 e. The topological polar surface area (TPSA) is 72.5 Å². The molecule has 1 N–H and O–H groups in total. The summed E-state index contributed by atoms with van der Waals surface area (Å²) in [5.41, 5.74) is 0.808. The summed E-state index contributed by atoms with van der Waals surface area (Å²) in [6.07, 6.45) is 0. The van der Waals surface area contributed by atoms with E-state index in [1.807, 2.05) is 0 Å². The second-order valence-corrected chi connectivity index (χ2v) is 7.10. The van der Waals surface area contributed by atoms with Crippen molar-refractivity contribution in [3.63, 3.8) is 0 Å². The predicted molar refractivity (Wildman–Crippen MR) is 88.3 cm³/mol. The van der Waals surface area contributed by atoms with E-state index >= 15 is 0 Å². The van der Waals surface area contributed by atoms with Gasteiger partial charge in [0.2, 0.25) is 10.0 Å². The Morgan fingerprint density at radius 2 is 1.83 bits per heavy atom. The summed E-state index contributed by atoms with van der Waals surface area (Å²) >= 11 is 12.0. The van der Waals surface area contributed by atoms with Crippen molar-refractivity contribution in [3.8, 4) is 0 Å². The van der Waals surface area contributed by atoms with Crippen LogP contribution in [0.1, 0.15) is 15.9 Å². The van der Waals surface area contributed by atoms with Gasteiger partial charge in [-0.1, -0.05) is 41.4 Å². The van der Waals surface area contributed by atoms with Gasteiger partial charge in [-0.3, -0.25) is 0 Å². The number of sulfonamides is 1. The van der Waals surface area contributed by atoms with Gasteiger partial charge >= 0.3 is 5.97 Å². The van der Waals surface area contributed by atoms with Gasteiger partial charge < -0.3 is 4.74 Å². The van der Waals surface area contributed by atoms with Crippen LogP contribution >= 0.6 is 23.2 Å². The molecule has 122 valence electrons. The maximum absolute atomic E-state index is 12.3. The summed E-state index contributed by atoms with van der Waals surface area (Å²) in [4.78, 5) is 11.3. The summed E-state index contributed by atoms with van der Waals surface area (Å²) in [5.74, 6) is -0.597. The van der Waals surface area contributed by atoms with Crippen LogP contribution in [0.15, 0.2) is 47.4 Å². The van der Waals surface area contributed by atoms with Crippen molar-refractivity contribution in [3.05, 3.63) is 63.6 Å². The van der Waals surface area contributed by atoms with Gasteiger partial charge in [-0.05, 0) is 29.8 Å². The zero-order chi connectivity index (χ0) is 17.0. The molecule has 0 aliphatic rings. The minimum atomic E-state index is -3.85. The number of esters is 1. The molecule has 0 saturated carbocycles. The predicted octanol–water partition coefficient (Wildman–Crippen LogP) is 3.26. The lowest BCUT2D eigenvalue weighted by Crippen LogP contribution is -2.23. The minimum absolute atomic E-state index is 0.0249. The van der Waals surface area contributed by atoms with E-state index in [-0.39, 0.29) is 22.0 Å². The van der Waals surface area contributed by atoms with Crippen molar-refractivity contribution in [2.45, 2.75) is 11.4 Å². The lowest BCUT2D eigenvalue weighted by Gasteiger charge is -2.10. The molecule has 0 aliphatic carbocycles. The molecule has 2 rings (SSSR count). The number of hydrogen-bond acceptors (Lipinski definition) is 4.